The quantitative estimate of drug-likeness (QED) is 0.771. The molecule has 2 aromatic carbocycles. The number of hydrogen-bond donors (Lipinski definition) is 0. The molecule has 0 heterocycles. The summed E-state index contributed by atoms with van der Waals surface area (Å²) in [5.41, 5.74) is 2.69. The average Bonchev–Trinajstić information content (AvgIpc) is 2.38. The Kier molecular flexibility index (Phi) is 4.23. The fourth-order valence-electron chi connectivity index (χ4n) is 1.74. The minimum atomic E-state index is 0.0267. The maximum Gasteiger partial charge on any atom is 0.159 e. The van der Waals surface area contributed by atoms with Gasteiger partial charge in [-0.1, -0.05) is 35.9 Å². The van der Waals surface area contributed by atoms with Crippen molar-refractivity contribution < 1.29 is 9.53 Å². The molecule has 2 nitrogen and oxygen atoms in total. The van der Waals surface area contributed by atoms with Gasteiger partial charge in [0.05, 0.1) is 0 Å². The zero-order chi connectivity index (χ0) is 13.8. The number of aryl methyl sites for hydroxylation is 1. The minimum Gasteiger partial charge on any atom is -0.489 e. The van der Waals surface area contributed by atoms with E-state index in [9.17, 15) is 4.79 Å². The van der Waals surface area contributed by atoms with Gasteiger partial charge >= 0.3 is 0 Å². The first-order valence-corrected chi connectivity index (χ1v) is 6.43. The Labute approximate surface area is 118 Å². The molecule has 0 radical (unpaired) electrons. The molecule has 0 fully saturated rings. The molecule has 0 unspecified atom stereocenters. The van der Waals surface area contributed by atoms with E-state index < -0.39 is 0 Å². The van der Waals surface area contributed by atoms with Crippen molar-refractivity contribution in [1.82, 2.24) is 0 Å². The first kappa shape index (κ1) is 13.6. The van der Waals surface area contributed by atoms with Crippen LogP contribution >= 0.6 is 11.6 Å². The molecule has 0 saturated heterocycles. The fraction of sp³-hybridized carbons (Fsp3) is 0.188. The van der Waals surface area contributed by atoms with E-state index in [1.807, 2.05) is 37.3 Å². The average molecular weight is 275 g/mol. The predicted molar refractivity (Wildman–Crippen MR) is 77.0 cm³/mol. The zero-order valence-corrected chi connectivity index (χ0v) is 11.7. The van der Waals surface area contributed by atoms with Gasteiger partial charge in [-0.3, -0.25) is 4.79 Å². The predicted octanol–water partition coefficient (Wildman–Crippen LogP) is 4.43. The molecule has 3 heteroatoms. The second-order valence-electron chi connectivity index (χ2n) is 4.47. The van der Waals surface area contributed by atoms with Gasteiger partial charge < -0.3 is 4.74 Å². The molecule has 0 aliphatic heterocycles. The highest BCUT2D eigenvalue weighted by Crippen LogP contribution is 2.21. The van der Waals surface area contributed by atoms with Crippen molar-refractivity contribution in [3.8, 4) is 5.75 Å². The van der Waals surface area contributed by atoms with Gasteiger partial charge in [0.1, 0.15) is 12.4 Å². The molecule has 0 N–H and O–H groups in total. The Morgan fingerprint density at radius 1 is 1.21 bits per heavy atom. The van der Waals surface area contributed by atoms with Crippen LogP contribution in [0.4, 0.5) is 0 Å². The van der Waals surface area contributed by atoms with Crippen molar-refractivity contribution >= 4 is 17.4 Å². The summed E-state index contributed by atoms with van der Waals surface area (Å²) in [6.45, 7) is 3.92. The molecule has 0 aliphatic carbocycles. The second-order valence-corrected chi connectivity index (χ2v) is 4.87. The van der Waals surface area contributed by atoms with Crippen molar-refractivity contribution in [3.63, 3.8) is 0 Å². The monoisotopic (exact) mass is 274 g/mol. The molecule has 0 saturated carbocycles. The topological polar surface area (TPSA) is 26.3 Å². The van der Waals surface area contributed by atoms with Crippen molar-refractivity contribution in [2.45, 2.75) is 20.5 Å². The lowest BCUT2D eigenvalue weighted by Gasteiger charge is -2.09. The summed E-state index contributed by atoms with van der Waals surface area (Å²) in [7, 11) is 0. The van der Waals surface area contributed by atoms with Crippen LogP contribution in [0.15, 0.2) is 42.5 Å². The third-order valence-corrected chi connectivity index (χ3v) is 3.20. The van der Waals surface area contributed by atoms with Gasteiger partial charge in [0, 0.05) is 16.1 Å². The molecule has 0 atom stereocenters. The largest absolute Gasteiger partial charge is 0.489 e. The second kappa shape index (κ2) is 5.89. The number of Topliss-reactive ketones (excluding diaryl/α,β-unsaturated/α-hetero) is 1. The lowest BCUT2D eigenvalue weighted by molar-refractivity contribution is 0.101. The van der Waals surface area contributed by atoms with Gasteiger partial charge in [-0.15, -0.1) is 0 Å². The summed E-state index contributed by atoms with van der Waals surface area (Å²) in [4.78, 5) is 11.3. The molecular formula is C16H15ClO2. The molecule has 0 bridgehead atoms. The van der Waals surface area contributed by atoms with E-state index in [4.69, 9.17) is 16.3 Å². The van der Waals surface area contributed by atoms with Gasteiger partial charge in [-0.05, 0) is 37.6 Å². The standard InChI is InChI=1S/C16H15ClO2/c1-11-6-7-14(16(17)8-11)10-19-15-5-3-4-13(9-15)12(2)18/h3-9H,10H2,1-2H3. The number of benzene rings is 2. The van der Waals surface area contributed by atoms with Crippen LogP contribution < -0.4 is 4.74 Å². The summed E-state index contributed by atoms with van der Waals surface area (Å²) in [6.07, 6.45) is 0. The Morgan fingerprint density at radius 2 is 2.00 bits per heavy atom. The SMILES string of the molecule is CC(=O)c1cccc(OCc2ccc(C)cc2Cl)c1. The highest BCUT2D eigenvalue weighted by atomic mass is 35.5. The van der Waals surface area contributed by atoms with Crippen LogP contribution in [-0.2, 0) is 6.61 Å². The van der Waals surface area contributed by atoms with Crippen LogP contribution in [0.2, 0.25) is 5.02 Å². The smallest absolute Gasteiger partial charge is 0.159 e. The molecule has 2 rings (SSSR count). The van der Waals surface area contributed by atoms with Gasteiger partial charge in [0.25, 0.3) is 0 Å². The zero-order valence-electron chi connectivity index (χ0n) is 10.9. The van der Waals surface area contributed by atoms with Crippen molar-refractivity contribution in [1.29, 1.82) is 0 Å². The molecule has 0 aromatic heterocycles. The normalized spacial score (nSPS) is 10.3. The first-order chi connectivity index (χ1) is 9.06. The van der Waals surface area contributed by atoms with E-state index in [1.165, 1.54) is 6.92 Å². The summed E-state index contributed by atoms with van der Waals surface area (Å²) in [5, 5.41) is 0.697. The fourth-order valence-corrected chi connectivity index (χ4v) is 2.03. The van der Waals surface area contributed by atoms with E-state index in [0.717, 1.165) is 11.1 Å². The molecule has 0 amide bonds. The van der Waals surface area contributed by atoms with E-state index in [0.29, 0.717) is 22.9 Å². The lowest BCUT2D eigenvalue weighted by Crippen LogP contribution is -1.98. The first-order valence-electron chi connectivity index (χ1n) is 6.05. The maximum atomic E-state index is 11.3. The Bertz CT molecular complexity index is 605. The summed E-state index contributed by atoms with van der Waals surface area (Å²) < 4.78 is 5.67. The lowest BCUT2D eigenvalue weighted by atomic mass is 10.1. The molecule has 0 aliphatic rings. The highest BCUT2D eigenvalue weighted by molar-refractivity contribution is 6.31. The Balaban J connectivity index is 2.10. The van der Waals surface area contributed by atoms with E-state index in [-0.39, 0.29) is 5.78 Å². The Morgan fingerprint density at radius 3 is 2.68 bits per heavy atom. The third kappa shape index (κ3) is 3.58. The summed E-state index contributed by atoms with van der Waals surface area (Å²) in [6, 6.07) is 13.0. The number of ketones is 1. The number of hydrogen-bond acceptors (Lipinski definition) is 2. The number of halogens is 1. The number of ether oxygens (including phenoxy) is 1. The highest BCUT2D eigenvalue weighted by Gasteiger charge is 2.04. The van der Waals surface area contributed by atoms with Crippen molar-refractivity contribution in [2.24, 2.45) is 0 Å². The van der Waals surface area contributed by atoms with Crippen molar-refractivity contribution in [2.75, 3.05) is 0 Å². The molecular weight excluding hydrogens is 260 g/mol. The van der Waals surface area contributed by atoms with Gasteiger partial charge in [0.2, 0.25) is 0 Å². The summed E-state index contributed by atoms with van der Waals surface area (Å²) in [5.74, 6) is 0.697. The van der Waals surface area contributed by atoms with Crippen LogP contribution in [0, 0.1) is 6.92 Å². The van der Waals surface area contributed by atoms with Crippen LogP contribution in [0.3, 0.4) is 0 Å². The van der Waals surface area contributed by atoms with Crippen LogP contribution in [0.5, 0.6) is 5.75 Å². The Hall–Kier alpha value is -1.80. The third-order valence-electron chi connectivity index (χ3n) is 2.84. The molecule has 19 heavy (non-hydrogen) atoms. The van der Waals surface area contributed by atoms with E-state index in [2.05, 4.69) is 0 Å². The molecule has 98 valence electrons. The van der Waals surface area contributed by atoms with Gasteiger partial charge in [0.15, 0.2) is 5.78 Å². The number of carbonyl (C=O) groups is 1. The van der Waals surface area contributed by atoms with Crippen LogP contribution in [0.25, 0.3) is 0 Å². The van der Waals surface area contributed by atoms with E-state index in [1.54, 1.807) is 12.1 Å². The van der Waals surface area contributed by atoms with Crippen LogP contribution in [0.1, 0.15) is 28.4 Å². The van der Waals surface area contributed by atoms with Crippen LogP contribution in [-0.4, -0.2) is 5.78 Å². The molecule has 2 aromatic rings. The maximum absolute atomic E-state index is 11.3. The van der Waals surface area contributed by atoms with Gasteiger partial charge in [-0.25, -0.2) is 0 Å². The van der Waals surface area contributed by atoms with Gasteiger partial charge in [-0.2, -0.15) is 0 Å². The number of carbonyl (C=O) groups excluding carboxylic acids is 1. The van der Waals surface area contributed by atoms with E-state index >= 15 is 0 Å². The molecule has 0 spiro atoms. The minimum absolute atomic E-state index is 0.0267. The number of rotatable bonds is 4. The summed E-state index contributed by atoms with van der Waals surface area (Å²) >= 11 is 6.14. The van der Waals surface area contributed by atoms with Crippen molar-refractivity contribution in [3.05, 3.63) is 64.2 Å².